The summed E-state index contributed by atoms with van der Waals surface area (Å²) in [6, 6.07) is 4.24. The molecule has 2 rings (SSSR count). The number of hydrogen-bond donors (Lipinski definition) is 2. The fraction of sp³-hybridized carbons (Fsp3) is 0.500. The fourth-order valence-corrected chi connectivity index (χ4v) is 2.03. The molecule has 1 aromatic carbocycles. The zero-order chi connectivity index (χ0) is 12.6. The van der Waals surface area contributed by atoms with Gasteiger partial charge in [0.25, 0.3) is 0 Å². The maximum absolute atomic E-state index is 11.1. The molecule has 92 valence electrons. The van der Waals surface area contributed by atoms with Gasteiger partial charge >= 0.3 is 5.97 Å². The normalized spacial score (nSPS) is 16.6. The van der Waals surface area contributed by atoms with Crippen molar-refractivity contribution in [3.05, 3.63) is 28.8 Å². The Morgan fingerprint density at radius 1 is 1.24 bits per heavy atom. The molecule has 1 saturated carbocycles. The van der Waals surface area contributed by atoms with Gasteiger partial charge in [-0.3, -0.25) is 4.79 Å². The minimum Gasteiger partial charge on any atom is -0.481 e. The van der Waals surface area contributed by atoms with Crippen LogP contribution in [0.3, 0.4) is 0 Å². The van der Waals surface area contributed by atoms with Gasteiger partial charge in [0, 0.05) is 12.2 Å². The van der Waals surface area contributed by atoms with E-state index in [4.69, 9.17) is 5.11 Å². The molecule has 17 heavy (non-hydrogen) atoms. The van der Waals surface area contributed by atoms with Crippen LogP contribution in [0.25, 0.3) is 0 Å². The number of nitrogens with one attached hydrogen (secondary N) is 1. The predicted octanol–water partition coefficient (Wildman–Crippen LogP) is 2.89. The van der Waals surface area contributed by atoms with Crippen LogP contribution >= 0.6 is 0 Å². The molecule has 0 spiro atoms. The quantitative estimate of drug-likeness (QED) is 0.840. The summed E-state index contributed by atoms with van der Waals surface area (Å²) in [7, 11) is 0. The van der Waals surface area contributed by atoms with Crippen molar-refractivity contribution in [2.45, 2.75) is 33.6 Å². The molecule has 0 radical (unpaired) electrons. The molecule has 3 nitrogen and oxygen atoms in total. The minimum atomic E-state index is -0.675. The Kier molecular flexibility index (Phi) is 2.86. The van der Waals surface area contributed by atoms with Crippen molar-refractivity contribution >= 4 is 11.7 Å². The highest BCUT2D eigenvalue weighted by atomic mass is 16.4. The standard InChI is InChI=1S/C14H19NO2/c1-9-6-11(3)12(7-10(9)2)15-8-14(4-5-14)13(16)17/h6-7,15H,4-5,8H2,1-3H3,(H,16,17). The van der Waals surface area contributed by atoms with Crippen LogP contribution in [-0.2, 0) is 4.79 Å². The molecule has 0 amide bonds. The average molecular weight is 233 g/mol. The SMILES string of the molecule is Cc1cc(C)c(NCC2(C(=O)O)CC2)cc1C. The van der Waals surface area contributed by atoms with Gasteiger partial charge in [-0.25, -0.2) is 0 Å². The van der Waals surface area contributed by atoms with Crippen molar-refractivity contribution < 1.29 is 9.90 Å². The third-order valence-corrected chi connectivity index (χ3v) is 3.77. The van der Waals surface area contributed by atoms with E-state index in [1.54, 1.807) is 0 Å². The first-order chi connectivity index (χ1) is 7.94. The Morgan fingerprint density at radius 3 is 2.35 bits per heavy atom. The lowest BCUT2D eigenvalue weighted by atomic mass is 10.0. The van der Waals surface area contributed by atoms with E-state index in [9.17, 15) is 4.79 Å². The van der Waals surface area contributed by atoms with Crippen LogP contribution in [0, 0.1) is 26.2 Å². The van der Waals surface area contributed by atoms with E-state index in [0.717, 1.165) is 18.5 Å². The molecule has 0 unspecified atom stereocenters. The van der Waals surface area contributed by atoms with Crippen LogP contribution in [0.1, 0.15) is 29.5 Å². The highest BCUT2D eigenvalue weighted by molar-refractivity contribution is 5.78. The topological polar surface area (TPSA) is 49.3 Å². The van der Waals surface area contributed by atoms with Crippen molar-refractivity contribution in [1.82, 2.24) is 0 Å². The summed E-state index contributed by atoms with van der Waals surface area (Å²) in [6.45, 7) is 6.75. The number of carboxylic acid groups (broad SMARTS) is 1. The van der Waals surface area contributed by atoms with E-state index < -0.39 is 11.4 Å². The van der Waals surface area contributed by atoms with Crippen molar-refractivity contribution in [3.8, 4) is 0 Å². The second kappa shape index (κ2) is 4.06. The maximum Gasteiger partial charge on any atom is 0.311 e. The summed E-state index contributed by atoms with van der Waals surface area (Å²) in [5.41, 5.74) is 4.23. The Bertz CT molecular complexity index is 462. The second-order valence-corrected chi connectivity index (χ2v) is 5.19. The minimum absolute atomic E-state index is 0.509. The van der Waals surface area contributed by atoms with Crippen LogP contribution in [-0.4, -0.2) is 17.6 Å². The molecule has 0 aliphatic heterocycles. The predicted molar refractivity (Wildman–Crippen MR) is 68.4 cm³/mol. The number of carbonyl (C=O) groups is 1. The summed E-state index contributed by atoms with van der Waals surface area (Å²) >= 11 is 0. The van der Waals surface area contributed by atoms with Crippen LogP contribution in [0.15, 0.2) is 12.1 Å². The van der Waals surface area contributed by atoms with Gasteiger partial charge in [-0.1, -0.05) is 6.07 Å². The molecule has 0 atom stereocenters. The van der Waals surface area contributed by atoms with Gasteiger partial charge in [0.05, 0.1) is 5.41 Å². The van der Waals surface area contributed by atoms with Gasteiger partial charge in [0.2, 0.25) is 0 Å². The first kappa shape index (κ1) is 12.0. The van der Waals surface area contributed by atoms with E-state index in [1.165, 1.54) is 16.7 Å². The zero-order valence-corrected chi connectivity index (χ0v) is 10.6. The highest BCUT2D eigenvalue weighted by Crippen LogP contribution is 2.45. The van der Waals surface area contributed by atoms with Crippen molar-refractivity contribution in [3.63, 3.8) is 0 Å². The maximum atomic E-state index is 11.1. The lowest BCUT2D eigenvalue weighted by Crippen LogP contribution is -2.24. The molecule has 0 aromatic heterocycles. The monoisotopic (exact) mass is 233 g/mol. The number of aliphatic carboxylic acids is 1. The summed E-state index contributed by atoms with van der Waals surface area (Å²) in [5, 5.41) is 12.4. The average Bonchev–Trinajstić information content (AvgIpc) is 3.02. The van der Waals surface area contributed by atoms with Crippen molar-refractivity contribution in [2.75, 3.05) is 11.9 Å². The largest absolute Gasteiger partial charge is 0.481 e. The molecule has 0 saturated heterocycles. The van der Waals surface area contributed by atoms with Gasteiger partial charge in [0.15, 0.2) is 0 Å². The second-order valence-electron chi connectivity index (χ2n) is 5.19. The van der Waals surface area contributed by atoms with Gasteiger partial charge in [-0.2, -0.15) is 0 Å². The molecule has 1 fully saturated rings. The lowest BCUT2D eigenvalue weighted by molar-refractivity contribution is -0.142. The van der Waals surface area contributed by atoms with Gasteiger partial charge < -0.3 is 10.4 Å². The first-order valence-electron chi connectivity index (χ1n) is 6.00. The summed E-state index contributed by atoms with van der Waals surface area (Å²) in [4.78, 5) is 11.1. The molecule has 1 aliphatic carbocycles. The molecule has 1 aromatic rings. The Labute approximate surface area is 102 Å². The highest BCUT2D eigenvalue weighted by Gasteiger charge is 2.50. The number of aryl methyl sites for hydroxylation is 3. The smallest absolute Gasteiger partial charge is 0.311 e. The van der Waals surface area contributed by atoms with E-state index in [2.05, 4.69) is 38.2 Å². The first-order valence-corrected chi connectivity index (χ1v) is 6.00. The van der Waals surface area contributed by atoms with Crippen LogP contribution in [0.5, 0.6) is 0 Å². The van der Waals surface area contributed by atoms with Gasteiger partial charge in [-0.05, 0) is 56.4 Å². The zero-order valence-electron chi connectivity index (χ0n) is 10.6. The number of benzene rings is 1. The Morgan fingerprint density at radius 2 is 1.82 bits per heavy atom. The molecule has 1 aliphatic rings. The molecule has 0 heterocycles. The number of rotatable bonds is 4. The number of anilines is 1. The van der Waals surface area contributed by atoms with Gasteiger partial charge in [0.1, 0.15) is 0 Å². The molecule has 2 N–H and O–H groups in total. The lowest BCUT2D eigenvalue weighted by Gasteiger charge is -2.15. The van der Waals surface area contributed by atoms with E-state index >= 15 is 0 Å². The summed E-state index contributed by atoms with van der Waals surface area (Å²) < 4.78 is 0. The third kappa shape index (κ3) is 2.28. The van der Waals surface area contributed by atoms with E-state index in [-0.39, 0.29) is 0 Å². The van der Waals surface area contributed by atoms with E-state index in [0.29, 0.717) is 6.54 Å². The summed E-state index contributed by atoms with van der Waals surface area (Å²) in [5.74, 6) is -0.675. The van der Waals surface area contributed by atoms with Crippen LogP contribution in [0.4, 0.5) is 5.69 Å². The molecular weight excluding hydrogens is 214 g/mol. The number of hydrogen-bond acceptors (Lipinski definition) is 2. The molecular formula is C14H19NO2. The molecule has 0 bridgehead atoms. The van der Waals surface area contributed by atoms with Crippen molar-refractivity contribution in [1.29, 1.82) is 0 Å². The molecule has 3 heteroatoms. The van der Waals surface area contributed by atoms with Gasteiger partial charge in [-0.15, -0.1) is 0 Å². The Hall–Kier alpha value is -1.51. The Balaban J connectivity index is 2.10. The van der Waals surface area contributed by atoms with Crippen LogP contribution in [0.2, 0.25) is 0 Å². The summed E-state index contributed by atoms with van der Waals surface area (Å²) in [6.07, 6.45) is 1.58. The van der Waals surface area contributed by atoms with Crippen LogP contribution < -0.4 is 5.32 Å². The van der Waals surface area contributed by atoms with E-state index in [1.807, 2.05) is 0 Å². The number of carboxylic acids is 1. The van der Waals surface area contributed by atoms with Crippen molar-refractivity contribution in [2.24, 2.45) is 5.41 Å². The third-order valence-electron chi connectivity index (χ3n) is 3.77. The fourth-order valence-electron chi connectivity index (χ4n) is 2.03.